The standard InChI is InChI=1S/C9H14N2O2/c1-3-4-5-13-9(12)8-6-10-11(2)7-8/h6-7H,3-5H2,1-2H3. The van der Waals surface area contributed by atoms with Crippen molar-refractivity contribution < 1.29 is 9.53 Å². The second-order valence-electron chi connectivity index (χ2n) is 2.89. The molecule has 1 aromatic rings. The Balaban J connectivity index is 2.40. The van der Waals surface area contributed by atoms with Gasteiger partial charge in [-0.15, -0.1) is 0 Å². The fourth-order valence-electron chi connectivity index (χ4n) is 0.919. The highest BCUT2D eigenvalue weighted by Crippen LogP contribution is 2.00. The lowest BCUT2D eigenvalue weighted by Crippen LogP contribution is -2.05. The number of unbranched alkanes of at least 4 members (excludes halogenated alkanes) is 1. The summed E-state index contributed by atoms with van der Waals surface area (Å²) in [5.74, 6) is -0.290. The quantitative estimate of drug-likeness (QED) is 0.522. The number of ether oxygens (including phenoxy) is 1. The molecule has 0 aliphatic carbocycles. The highest BCUT2D eigenvalue weighted by Gasteiger charge is 2.07. The van der Waals surface area contributed by atoms with Crippen LogP contribution in [0.5, 0.6) is 0 Å². The van der Waals surface area contributed by atoms with E-state index in [4.69, 9.17) is 4.74 Å². The van der Waals surface area contributed by atoms with Gasteiger partial charge in [0.25, 0.3) is 0 Å². The normalized spacial score (nSPS) is 10.0. The Morgan fingerprint density at radius 1 is 1.69 bits per heavy atom. The maximum Gasteiger partial charge on any atom is 0.341 e. The van der Waals surface area contributed by atoms with Gasteiger partial charge >= 0.3 is 5.97 Å². The van der Waals surface area contributed by atoms with Gasteiger partial charge in [-0.25, -0.2) is 4.79 Å². The molecule has 4 heteroatoms. The summed E-state index contributed by atoms with van der Waals surface area (Å²) in [6.45, 7) is 2.54. The summed E-state index contributed by atoms with van der Waals surface area (Å²) >= 11 is 0. The summed E-state index contributed by atoms with van der Waals surface area (Å²) in [7, 11) is 1.77. The van der Waals surface area contributed by atoms with Gasteiger partial charge in [-0.3, -0.25) is 4.68 Å². The third-order valence-electron chi connectivity index (χ3n) is 1.67. The van der Waals surface area contributed by atoms with Crippen LogP contribution in [-0.2, 0) is 11.8 Å². The van der Waals surface area contributed by atoms with E-state index in [1.54, 1.807) is 17.9 Å². The Morgan fingerprint density at radius 3 is 3.00 bits per heavy atom. The molecule has 0 aliphatic heterocycles. The molecule has 4 nitrogen and oxygen atoms in total. The maximum absolute atomic E-state index is 11.3. The van der Waals surface area contributed by atoms with Crippen molar-refractivity contribution in [1.82, 2.24) is 9.78 Å². The molecule has 0 radical (unpaired) electrons. The fraction of sp³-hybridized carbons (Fsp3) is 0.556. The zero-order chi connectivity index (χ0) is 9.68. The van der Waals surface area contributed by atoms with Crippen molar-refractivity contribution in [2.45, 2.75) is 19.8 Å². The van der Waals surface area contributed by atoms with Crippen LogP contribution in [0.2, 0.25) is 0 Å². The number of hydrogen-bond acceptors (Lipinski definition) is 3. The predicted octanol–water partition coefficient (Wildman–Crippen LogP) is 1.38. The fourth-order valence-corrected chi connectivity index (χ4v) is 0.919. The summed E-state index contributed by atoms with van der Waals surface area (Å²) in [6.07, 6.45) is 5.09. The van der Waals surface area contributed by atoms with Crippen molar-refractivity contribution in [3.05, 3.63) is 18.0 Å². The monoisotopic (exact) mass is 182 g/mol. The molecular formula is C9H14N2O2. The van der Waals surface area contributed by atoms with E-state index in [0.29, 0.717) is 12.2 Å². The third kappa shape index (κ3) is 2.89. The van der Waals surface area contributed by atoms with Gasteiger partial charge < -0.3 is 4.74 Å². The second kappa shape index (κ2) is 4.64. The topological polar surface area (TPSA) is 44.1 Å². The first-order valence-electron chi connectivity index (χ1n) is 4.39. The van der Waals surface area contributed by atoms with Crippen LogP contribution in [0.1, 0.15) is 30.1 Å². The molecule has 0 fully saturated rings. The molecule has 0 unspecified atom stereocenters. The number of esters is 1. The van der Waals surface area contributed by atoms with Crippen molar-refractivity contribution >= 4 is 5.97 Å². The van der Waals surface area contributed by atoms with E-state index in [1.807, 2.05) is 0 Å². The zero-order valence-corrected chi connectivity index (χ0v) is 7.99. The molecule has 0 saturated heterocycles. The van der Waals surface area contributed by atoms with Crippen molar-refractivity contribution in [3.8, 4) is 0 Å². The van der Waals surface area contributed by atoms with Crippen LogP contribution in [0.3, 0.4) is 0 Å². The number of hydrogen-bond donors (Lipinski definition) is 0. The lowest BCUT2D eigenvalue weighted by atomic mass is 10.3. The van der Waals surface area contributed by atoms with E-state index in [9.17, 15) is 4.79 Å². The molecule has 1 aromatic heterocycles. The molecule has 0 spiro atoms. The molecule has 0 saturated carbocycles. The third-order valence-corrected chi connectivity index (χ3v) is 1.67. The maximum atomic E-state index is 11.3. The Hall–Kier alpha value is -1.32. The molecular weight excluding hydrogens is 168 g/mol. The highest BCUT2D eigenvalue weighted by molar-refractivity contribution is 5.88. The van der Waals surface area contributed by atoms with Gasteiger partial charge in [-0.2, -0.15) is 5.10 Å². The van der Waals surface area contributed by atoms with E-state index in [2.05, 4.69) is 12.0 Å². The van der Waals surface area contributed by atoms with Crippen LogP contribution in [0.15, 0.2) is 12.4 Å². The summed E-state index contributed by atoms with van der Waals surface area (Å²) in [5.41, 5.74) is 0.513. The minimum atomic E-state index is -0.290. The molecule has 0 atom stereocenters. The van der Waals surface area contributed by atoms with Crippen molar-refractivity contribution in [2.24, 2.45) is 7.05 Å². The van der Waals surface area contributed by atoms with Crippen LogP contribution in [0.4, 0.5) is 0 Å². The second-order valence-corrected chi connectivity index (χ2v) is 2.89. The largest absolute Gasteiger partial charge is 0.462 e. The summed E-state index contributed by atoms with van der Waals surface area (Å²) in [6, 6.07) is 0. The van der Waals surface area contributed by atoms with Gasteiger partial charge in [0.2, 0.25) is 0 Å². The first-order chi connectivity index (χ1) is 6.24. The first kappa shape index (κ1) is 9.77. The van der Waals surface area contributed by atoms with E-state index in [-0.39, 0.29) is 5.97 Å². The molecule has 1 heterocycles. The lowest BCUT2D eigenvalue weighted by molar-refractivity contribution is 0.0499. The highest BCUT2D eigenvalue weighted by atomic mass is 16.5. The van der Waals surface area contributed by atoms with Gasteiger partial charge in [-0.1, -0.05) is 13.3 Å². The number of aryl methyl sites for hydroxylation is 1. The average Bonchev–Trinajstić information content (AvgIpc) is 2.52. The summed E-state index contributed by atoms with van der Waals surface area (Å²) in [5, 5.41) is 3.88. The Kier molecular flexibility index (Phi) is 3.49. The minimum Gasteiger partial charge on any atom is -0.462 e. The molecule has 0 N–H and O–H groups in total. The van der Waals surface area contributed by atoms with Crippen molar-refractivity contribution in [3.63, 3.8) is 0 Å². The molecule has 0 amide bonds. The number of carbonyl (C=O) groups is 1. The van der Waals surface area contributed by atoms with E-state index in [0.717, 1.165) is 12.8 Å². The molecule has 0 aromatic carbocycles. The first-order valence-corrected chi connectivity index (χ1v) is 4.39. The van der Waals surface area contributed by atoms with Gasteiger partial charge in [0.15, 0.2) is 0 Å². The SMILES string of the molecule is CCCCOC(=O)c1cnn(C)c1. The van der Waals surface area contributed by atoms with Crippen molar-refractivity contribution in [1.29, 1.82) is 0 Å². The molecule has 72 valence electrons. The van der Waals surface area contributed by atoms with Gasteiger partial charge in [0.1, 0.15) is 0 Å². The van der Waals surface area contributed by atoms with Gasteiger partial charge in [-0.05, 0) is 6.42 Å². The van der Waals surface area contributed by atoms with Crippen LogP contribution >= 0.6 is 0 Å². The average molecular weight is 182 g/mol. The zero-order valence-electron chi connectivity index (χ0n) is 7.99. The minimum absolute atomic E-state index is 0.290. The molecule has 13 heavy (non-hydrogen) atoms. The van der Waals surface area contributed by atoms with Crippen LogP contribution < -0.4 is 0 Å². The number of nitrogens with zero attached hydrogens (tertiary/aromatic N) is 2. The Morgan fingerprint density at radius 2 is 2.46 bits per heavy atom. The molecule has 1 rings (SSSR count). The van der Waals surface area contributed by atoms with E-state index in [1.165, 1.54) is 6.20 Å². The van der Waals surface area contributed by atoms with E-state index >= 15 is 0 Å². The van der Waals surface area contributed by atoms with Gasteiger partial charge in [0, 0.05) is 13.2 Å². The summed E-state index contributed by atoms with van der Waals surface area (Å²) in [4.78, 5) is 11.3. The molecule has 0 bridgehead atoms. The van der Waals surface area contributed by atoms with Crippen LogP contribution in [0.25, 0.3) is 0 Å². The van der Waals surface area contributed by atoms with Crippen LogP contribution in [-0.4, -0.2) is 22.4 Å². The molecule has 0 aliphatic rings. The van der Waals surface area contributed by atoms with Gasteiger partial charge in [0.05, 0.1) is 18.4 Å². The number of aromatic nitrogens is 2. The number of carbonyl (C=O) groups excluding carboxylic acids is 1. The predicted molar refractivity (Wildman–Crippen MR) is 48.4 cm³/mol. The Labute approximate surface area is 77.5 Å². The van der Waals surface area contributed by atoms with E-state index < -0.39 is 0 Å². The lowest BCUT2D eigenvalue weighted by Gasteiger charge is -2.00. The summed E-state index contributed by atoms with van der Waals surface area (Å²) < 4.78 is 6.57. The smallest absolute Gasteiger partial charge is 0.341 e. The van der Waals surface area contributed by atoms with Crippen LogP contribution in [0, 0.1) is 0 Å². The number of rotatable bonds is 4. The van der Waals surface area contributed by atoms with Crippen molar-refractivity contribution in [2.75, 3.05) is 6.61 Å². The Bertz CT molecular complexity index is 281.